The standard InChI is InChI=1S/C8H4ClNO5/c9-8-14-5-2-1-4(3-11)6(10(12)13)7(5)15-8/h1-3,8H. The van der Waals surface area contributed by atoms with Crippen molar-refractivity contribution in [3.8, 4) is 11.5 Å². The lowest BCUT2D eigenvalue weighted by Crippen LogP contribution is -2.08. The molecule has 1 heterocycles. The minimum atomic E-state index is -1.10. The van der Waals surface area contributed by atoms with Gasteiger partial charge in [0.1, 0.15) is 0 Å². The van der Waals surface area contributed by atoms with Crippen molar-refractivity contribution in [1.82, 2.24) is 0 Å². The van der Waals surface area contributed by atoms with E-state index in [2.05, 4.69) is 0 Å². The molecule has 1 aliphatic rings. The molecule has 6 nitrogen and oxygen atoms in total. The first-order valence-electron chi connectivity index (χ1n) is 3.87. The van der Waals surface area contributed by atoms with E-state index >= 15 is 0 Å². The third-order valence-electron chi connectivity index (χ3n) is 1.87. The molecule has 1 unspecified atom stereocenters. The lowest BCUT2D eigenvalue weighted by atomic mass is 10.1. The first-order chi connectivity index (χ1) is 7.13. The Morgan fingerprint density at radius 3 is 2.80 bits per heavy atom. The molecule has 1 aliphatic heterocycles. The largest absolute Gasteiger partial charge is 0.437 e. The molecule has 0 amide bonds. The summed E-state index contributed by atoms with van der Waals surface area (Å²) in [5.74, 6) is -1.04. The van der Waals surface area contributed by atoms with E-state index in [1.54, 1.807) is 0 Å². The molecule has 0 saturated carbocycles. The Hall–Kier alpha value is -1.82. The van der Waals surface area contributed by atoms with Gasteiger partial charge in [-0.2, -0.15) is 0 Å². The molecule has 0 radical (unpaired) electrons. The van der Waals surface area contributed by atoms with Gasteiger partial charge < -0.3 is 9.47 Å². The third-order valence-corrected chi connectivity index (χ3v) is 2.04. The molecule has 0 N–H and O–H groups in total. The molecule has 0 fully saturated rings. The second-order valence-corrected chi connectivity index (χ2v) is 3.07. The van der Waals surface area contributed by atoms with Crippen molar-refractivity contribution in [2.75, 3.05) is 0 Å². The predicted molar refractivity (Wildman–Crippen MR) is 49.4 cm³/mol. The number of carbonyl (C=O) groups is 1. The van der Waals surface area contributed by atoms with E-state index in [1.165, 1.54) is 12.1 Å². The minimum Gasteiger partial charge on any atom is -0.437 e. The van der Waals surface area contributed by atoms with Gasteiger partial charge in [0.25, 0.3) is 0 Å². The highest BCUT2D eigenvalue weighted by atomic mass is 35.5. The third kappa shape index (κ3) is 1.48. The second-order valence-electron chi connectivity index (χ2n) is 2.72. The molecular weight excluding hydrogens is 226 g/mol. The van der Waals surface area contributed by atoms with Crippen LogP contribution in [0.3, 0.4) is 0 Å². The fourth-order valence-electron chi connectivity index (χ4n) is 1.27. The average Bonchev–Trinajstić information content (AvgIpc) is 2.55. The van der Waals surface area contributed by atoms with Crippen LogP contribution in [0.15, 0.2) is 12.1 Å². The quantitative estimate of drug-likeness (QED) is 0.334. The van der Waals surface area contributed by atoms with Gasteiger partial charge in [-0.15, -0.1) is 0 Å². The summed E-state index contributed by atoms with van der Waals surface area (Å²) in [5, 5.41) is 10.7. The summed E-state index contributed by atoms with van der Waals surface area (Å²) in [7, 11) is 0. The highest BCUT2D eigenvalue weighted by Crippen LogP contribution is 2.44. The Bertz CT molecular complexity index is 447. The number of hydrogen-bond acceptors (Lipinski definition) is 5. The number of nitro benzene ring substituents is 1. The lowest BCUT2D eigenvalue weighted by molar-refractivity contribution is -0.385. The molecule has 0 aromatic heterocycles. The molecule has 78 valence electrons. The maximum absolute atomic E-state index is 10.7. The Morgan fingerprint density at radius 2 is 2.20 bits per heavy atom. The van der Waals surface area contributed by atoms with E-state index < -0.39 is 16.4 Å². The van der Waals surface area contributed by atoms with Gasteiger partial charge in [0, 0.05) is 0 Å². The van der Waals surface area contributed by atoms with Gasteiger partial charge in [-0.3, -0.25) is 14.9 Å². The molecule has 15 heavy (non-hydrogen) atoms. The molecule has 0 bridgehead atoms. The Kier molecular flexibility index (Phi) is 2.20. The topological polar surface area (TPSA) is 78.7 Å². The van der Waals surface area contributed by atoms with Crippen LogP contribution in [0.1, 0.15) is 10.4 Å². The van der Waals surface area contributed by atoms with Crippen molar-refractivity contribution in [2.24, 2.45) is 0 Å². The number of carbonyl (C=O) groups excluding carboxylic acids is 1. The average molecular weight is 230 g/mol. The summed E-state index contributed by atoms with van der Waals surface area (Å²) in [6.07, 6.45) is 0.378. The minimum absolute atomic E-state index is 0.0758. The molecule has 1 atom stereocenters. The smallest absolute Gasteiger partial charge is 0.325 e. The van der Waals surface area contributed by atoms with Crippen molar-refractivity contribution in [2.45, 2.75) is 5.75 Å². The van der Waals surface area contributed by atoms with Crippen LogP contribution in [0.25, 0.3) is 0 Å². The van der Waals surface area contributed by atoms with Crippen molar-refractivity contribution in [3.05, 3.63) is 27.8 Å². The number of nitrogens with zero attached hydrogens (tertiary/aromatic N) is 1. The van der Waals surface area contributed by atoms with Crippen LogP contribution >= 0.6 is 11.6 Å². The van der Waals surface area contributed by atoms with Gasteiger partial charge >= 0.3 is 11.4 Å². The number of ether oxygens (including phenoxy) is 2. The molecular formula is C8H4ClNO5. The number of rotatable bonds is 2. The molecule has 0 spiro atoms. The molecule has 0 aliphatic carbocycles. The Morgan fingerprint density at radius 1 is 1.47 bits per heavy atom. The fourth-order valence-corrected chi connectivity index (χ4v) is 1.46. The van der Waals surface area contributed by atoms with E-state index in [4.69, 9.17) is 21.1 Å². The van der Waals surface area contributed by atoms with Crippen molar-refractivity contribution in [3.63, 3.8) is 0 Å². The zero-order chi connectivity index (χ0) is 11.0. The number of benzene rings is 1. The Balaban J connectivity index is 2.63. The Labute approximate surface area is 88.5 Å². The van der Waals surface area contributed by atoms with Gasteiger partial charge in [0.05, 0.1) is 10.5 Å². The first kappa shape index (κ1) is 9.72. The van der Waals surface area contributed by atoms with Crippen LogP contribution in [0.4, 0.5) is 5.69 Å². The second kappa shape index (κ2) is 3.39. The number of nitro groups is 1. The maximum atomic E-state index is 10.7. The van der Waals surface area contributed by atoms with Crippen LogP contribution in [-0.4, -0.2) is 17.0 Å². The van der Waals surface area contributed by atoms with E-state index in [1.807, 2.05) is 0 Å². The first-order valence-corrected chi connectivity index (χ1v) is 4.31. The zero-order valence-electron chi connectivity index (χ0n) is 7.18. The lowest BCUT2D eigenvalue weighted by Gasteiger charge is -1.99. The van der Waals surface area contributed by atoms with Gasteiger partial charge in [-0.25, -0.2) is 0 Å². The van der Waals surface area contributed by atoms with E-state index in [0.29, 0.717) is 6.29 Å². The van der Waals surface area contributed by atoms with Crippen molar-refractivity contribution >= 4 is 23.6 Å². The zero-order valence-corrected chi connectivity index (χ0v) is 7.93. The number of aldehydes is 1. The number of halogens is 1. The maximum Gasteiger partial charge on any atom is 0.325 e. The molecule has 0 saturated heterocycles. The van der Waals surface area contributed by atoms with Crippen LogP contribution in [0, 0.1) is 10.1 Å². The summed E-state index contributed by atoms with van der Waals surface area (Å²) < 4.78 is 9.80. The summed E-state index contributed by atoms with van der Waals surface area (Å²) in [6.45, 7) is 0. The number of fused-ring (bicyclic) bond motifs is 1. The monoisotopic (exact) mass is 229 g/mol. The van der Waals surface area contributed by atoms with Crippen LogP contribution in [0.2, 0.25) is 0 Å². The summed E-state index contributed by atoms with van der Waals surface area (Å²) in [6, 6.07) is 2.68. The molecule has 2 rings (SSSR count). The SMILES string of the molecule is O=Cc1ccc2c(c1[N+](=O)[O-])OC(Cl)O2. The predicted octanol–water partition coefficient (Wildman–Crippen LogP) is 1.70. The molecule has 7 heteroatoms. The summed E-state index contributed by atoms with van der Waals surface area (Å²) >= 11 is 5.49. The van der Waals surface area contributed by atoms with Crippen LogP contribution in [-0.2, 0) is 0 Å². The van der Waals surface area contributed by atoms with Crippen LogP contribution in [0.5, 0.6) is 11.5 Å². The fraction of sp³-hybridized carbons (Fsp3) is 0.125. The van der Waals surface area contributed by atoms with Gasteiger partial charge in [0.15, 0.2) is 12.0 Å². The van der Waals surface area contributed by atoms with E-state index in [9.17, 15) is 14.9 Å². The highest BCUT2D eigenvalue weighted by molar-refractivity contribution is 6.19. The summed E-state index contributed by atoms with van der Waals surface area (Å²) in [4.78, 5) is 20.6. The van der Waals surface area contributed by atoms with Crippen LogP contribution < -0.4 is 9.47 Å². The van der Waals surface area contributed by atoms with E-state index in [-0.39, 0.29) is 17.1 Å². The van der Waals surface area contributed by atoms with Crippen molar-refractivity contribution < 1.29 is 19.2 Å². The molecule has 1 aromatic rings. The summed E-state index contributed by atoms with van der Waals surface area (Å²) in [5.41, 5.74) is -0.501. The van der Waals surface area contributed by atoms with E-state index in [0.717, 1.165) is 0 Å². The molecule has 1 aromatic carbocycles. The number of alkyl halides is 1. The van der Waals surface area contributed by atoms with Gasteiger partial charge in [0.2, 0.25) is 5.75 Å². The van der Waals surface area contributed by atoms with Gasteiger partial charge in [-0.1, -0.05) is 0 Å². The normalized spacial score (nSPS) is 17.5. The highest BCUT2D eigenvalue weighted by Gasteiger charge is 2.33. The van der Waals surface area contributed by atoms with Crippen molar-refractivity contribution in [1.29, 1.82) is 0 Å². The number of hydrogen-bond donors (Lipinski definition) is 0. The van der Waals surface area contributed by atoms with Gasteiger partial charge in [-0.05, 0) is 23.7 Å².